The van der Waals surface area contributed by atoms with Crippen LogP contribution in [0.2, 0.25) is 0 Å². The molecule has 0 aliphatic heterocycles. The molecule has 0 radical (unpaired) electrons. The summed E-state index contributed by atoms with van der Waals surface area (Å²) in [5, 5.41) is 13.4. The van der Waals surface area contributed by atoms with Gasteiger partial charge >= 0.3 is 0 Å². The average Bonchev–Trinajstić information content (AvgIpc) is 2.34. The summed E-state index contributed by atoms with van der Waals surface area (Å²) < 4.78 is 0. The van der Waals surface area contributed by atoms with Crippen LogP contribution in [0.4, 0.5) is 0 Å². The monoisotopic (exact) mass is 240 g/mol. The van der Waals surface area contributed by atoms with E-state index in [9.17, 15) is 0 Å². The summed E-state index contributed by atoms with van der Waals surface area (Å²) in [6.07, 6.45) is 3.73. The number of pyridine rings is 1. The van der Waals surface area contributed by atoms with Gasteiger partial charge in [0.05, 0.1) is 5.03 Å². The van der Waals surface area contributed by atoms with E-state index in [1.165, 1.54) is 0 Å². The standard InChI is InChI=1S/C12H20N2OS/c1-2-7-13-11(6-9-15)10-16-12-5-3-4-8-14-12/h3-5,8,11,13,15H,2,6-7,9-10H2,1H3. The zero-order chi connectivity index (χ0) is 11.6. The van der Waals surface area contributed by atoms with Crippen molar-refractivity contribution in [3.05, 3.63) is 24.4 Å². The third kappa shape index (κ3) is 5.49. The number of aliphatic hydroxyl groups excluding tert-OH is 1. The lowest BCUT2D eigenvalue weighted by atomic mass is 10.2. The summed E-state index contributed by atoms with van der Waals surface area (Å²) in [4.78, 5) is 4.26. The second-order valence-corrected chi connectivity index (χ2v) is 4.68. The zero-order valence-electron chi connectivity index (χ0n) is 9.72. The van der Waals surface area contributed by atoms with Crippen LogP contribution in [0.15, 0.2) is 29.4 Å². The minimum Gasteiger partial charge on any atom is -0.396 e. The van der Waals surface area contributed by atoms with E-state index in [-0.39, 0.29) is 6.61 Å². The van der Waals surface area contributed by atoms with Crippen LogP contribution in [0.25, 0.3) is 0 Å². The lowest BCUT2D eigenvalue weighted by molar-refractivity contribution is 0.270. The van der Waals surface area contributed by atoms with Crippen LogP contribution in [0.1, 0.15) is 19.8 Å². The molecule has 1 atom stereocenters. The first-order valence-corrected chi connectivity index (χ1v) is 6.73. The number of hydrogen-bond donors (Lipinski definition) is 2. The Balaban J connectivity index is 2.31. The normalized spacial score (nSPS) is 12.6. The van der Waals surface area contributed by atoms with Crippen LogP contribution < -0.4 is 5.32 Å². The smallest absolute Gasteiger partial charge is 0.0960 e. The number of nitrogens with one attached hydrogen (secondary N) is 1. The number of aliphatic hydroxyl groups is 1. The number of aromatic nitrogens is 1. The Bertz CT molecular complexity index is 269. The molecule has 0 spiro atoms. The van der Waals surface area contributed by atoms with Crippen molar-refractivity contribution in [1.29, 1.82) is 0 Å². The van der Waals surface area contributed by atoms with Crippen molar-refractivity contribution in [3.8, 4) is 0 Å². The van der Waals surface area contributed by atoms with Crippen LogP contribution in [-0.4, -0.2) is 35.0 Å². The number of hydrogen-bond acceptors (Lipinski definition) is 4. The van der Waals surface area contributed by atoms with Gasteiger partial charge in [0.25, 0.3) is 0 Å². The van der Waals surface area contributed by atoms with E-state index >= 15 is 0 Å². The van der Waals surface area contributed by atoms with Crippen molar-refractivity contribution < 1.29 is 5.11 Å². The van der Waals surface area contributed by atoms with Crippen LogP contribution >= 0.6 is 11.8 Å². The lowest BCUT2D eigenvalue weighted by Gasteiger charge is -2.16. The predicted molar refractivity (Wildman–Crippen MR) is 68.7 cm³/mol. The highest BCUT2D eigenvalue weighted by atomic mass is 32.2. The molecule has 90 valence electrons. The van der Waals surface area contributed by atoms with Gasteiger partial charge < -0.3 is 10.4 Å². The fourth-order valence-corrected chi connectivity index (χ4v) is 2.33. The molecule has 0 aliphatic rings. The number of thioether (sulfide) groups is 1. The predicted octanol–water partition coefficient (Wildman–Crippen LogP) is 1.92. The van der Waals surface area contributed by atoms with Gasteiger partial charge in [-0.2, -0.15) is 0 Å². The quantitative estimate of drug-likeness (QED) is 0.682. The number of nitrogens with zero attached hydrogens (tertiary/aromatic N) is 1. The molecule has 0 aromatic carbocycles. The summed E-state index contributed by atoms with van der Waals surface area (Å²) in [6, 6.07) is 6.30. The molecule has 1 unspecified atom stereocenters. The summed E-state index contributed by atoms with van der Waals surface area (Å²) in [7, 11) is 0. The Kier molecular flexibility index (Phi) is 7.21. The Morgan fingerprint density at radius 2 is 2.38 bits per heavy atom. The summed E-state index contributed by atoms with van der Waals surface area (Å²) in [5.41, 5.74) is 0. The van der Waals surface area contributed by atoms with Crippen molar-refractivity contribution in [2.24, 2.45) is 0 Å². The molecule has 4 heteroatoms. The van der Waals surface area contributed by atoms with E-state index in [1.807, 2.05) is 24.4 Å². The molecule has 0 aliphatic carbocycles. The SMILES string of the molecule is CCCNC(CCO)CSc1ccccn1. The maximum Gasteiger partial charge on any atom is 0.0960 e. The Hall–Kier alpha value is -0.580. The molecule has 0 amide bonds. The van der Waals surface area contributed by atoms with E-state index in [0.717, 1.165) is 30.2 Å². The Morgan fingerprint density at radius 1 is 1.50 bits per heavy atom. The van der Waals surface area contributed by atoms with E-state index in [2.05, 4.69) is 17.2 Å². The summed E-state index contributed by atoms with van der Waals surface area (Å²) in [6.45, 7) is 3.40. The Morgan fingerprint density at radius 3 is 3.00 bits per heavy atom. The van der Waals surface area contributed by atoms with Gasteiger partial charge in [-0.05, 0) is 31.5 Å². The third-order valence-corrected chi connectivity index (χ3v) is 3.34. The molecule has 1 heterocycles. The van der Waals surface area contributed by atoms with E-state index in [4.69, 9.17) is 5.11 Å². The zero-order valence-corrected chi connectivity index (χ0v) is 10.5. The molecule has 1 aromatic heterocycles. The molecule has 1 rings (SSSR count). The molecule has 0 saturated heterocycles. The lowest BCUT2D eigenvalue weighted by Crippen LogP contribution is -2.32. The minimum absolute atomic E-state index is 0.240. The molecule has 1 aromatic rings. The first-order chi connectivity index (χ1) is 7.86. The molecule has 16 heavy (non-hydrogen) atoms. The third-order valence-electron chi connectivity index (χ3n) is 2.23. The minimum atomic E-state index is 0.240. The van der Waals surface area contributed by atoms with Gasteiger partial charge in [0, 0.05) is 24.6 Å². The van der Waals surface area contributed by atoms with Crippen molar-refractivity contribution in [2.75, 3.05) is 18.9 Å². The molecular weight excluding hydrogens is 220 g/mol. The summed E-state index contributed by atoms with van der Waals surface area (Å²) in [5.74, 6) is 0.956. The van der Waals surface area contributed by atoms with Crippen molar-refractivity contribution in [2.45, 2.75) is 30.8 Å². The van der Waals surface area contributed by atoms with Gasteiger partial charge in [-0.25, -0.2) is 4.98 Å². The van der Waals surface area contributed by atoms with Gasteiger partial charge in [0.2, 0.25) is 0 Å². The molecule has 0 fully saturated rings. The van der Waals surface area contributed by atoms with Crippen LogP contribution in [-0.2, 0) is 0 Å². The van der Waals surface area contributed by atoms with E-state index < -0.39 is 0 Å². The topological polar surface area (TPSA) is 45.1 Å². The second kappa shape index (κ2) is 8.56. The summed E-state index contributed by atoms with van der Waals surface area (Å²) >= 11 is 1.73. The molecule has 0 saturated carbocycles. The van der Waals surface area contributed by atoms with Gasteiger partial charge in [-0.3, -0.25) is 0 Å². The van der Waals surface area contributed by atoms with E-state index in [1.54, 1.807) is 11.8 Å². The van der Waals surface area contributed by atoms with Crippen molar-refractivity contribution in [1.82, 2.24) is 10.3 Å². The second-order valence-electron chi connectivity index (χ2n) is 3.64. The van der Waals surface area contributed by atoms with Gasteiger partial charge in [0.15, 0.2) is 0 Å². The maximum atomic E-state index is 8.97. The Labute approximate surface area is 102 Å². The highest BCUT2D eigenvalue weighted by molar-refractivity contribution is 7.99. The van der Waals surface area contributed by atoms with Crippen LogP contribution in [0.3, 0.4) is 0 Å². The van der Waals surface area contributed by atoms with Gasteiger partial charge in [0.1, 0.15) is 0 Å². The first-order valence-electron chi connectivity index (χ1n) is 5.75. The molecule has 0 bridgehead atoms. The molecule has 3 nitrogen and oxygen atoms in total. The highest BCUT2D eigenvalue weighted by Crippen LogP contribution is 2.16. The first kappa shape index (κ1) is 13.5. The van der Waals surface area contributed by atoms with Gasteiger partial charge in [-0.1, -0.05) is 13.0 Å². The highest BCUT2D eigenvalue weighted by Gasteiger charge is 2.07. The fraction of sp³-hybridized carbons (Fsp3) is 0.583. The van der Waals surface area contributed by atoms with Crippen LogP contribution in [0, 0.1) is 0 Å². The number of rotatable bonds is 8. The largest absolute Gasteiger partial charge is 0.396 e. The van der Waals surface area contributed by atoms with Crippen molar-refractivity contribution >= 4 is 11.8 Å². The van der Waals surface area contributed by atoms with E-state index in [0.29, 0.717) is 6.04 Å². The molecular formula is C12H20N2OS. The fourth-order valence-electron chi connectivity index (χ4n) is 1.37. The van der Waals surface area contributed by atoms with Crippen LogP contribution in [0.5, 0.6) is 0 Å². The van der Waals surface area contributed by atoms with Crippen molar-refractivity contribution in [3.63, 3.8) is 0 Å². The average molecular weight is 240 g/mol. The van der Waals surface area contributed by atoms with Gasteiger partial charge in [-0.15, -0.1) is 11.8 Å². The maximum absolute atomic E-state index is 8.97. The molecule has 2 N–H and O–H groups in total.